The fraction of sp³-hybridized carbons (Fsp3) is 0.400. The van der Waals surface area contributed by atoms with Gasteiger partial charge in [0.25, 0.3) is 11.1 Å². The van der Waals surface area contributed by atoms with Crippen molar-refractivity contribution >= 4 is 23.6 Å². The van der Waals surface area contributed by atoms with Gasteiger partial charge in [0.05, 0.1) is 17.7 Å². The first kappa shape index (κ1) is 15.7. The summed E-state index contributed by atoms with van der Waals surface area (Å²) in [7, 11) is 0. The van der Waals surface area contributed by atoms with Crippen molar-refractivity contribution in [3.05, 3.63) is 36.6 Å². The molecule has 7 nitrogen and oxygen atoms in total. The SMILES string of the molecule is C[C@H](Sc1ncco1)C(=O)N1CCN(C(=O)c2ccco2)CC1. The van der Waals surface area contributed by atoms with Crippen LogP contribution >= 0.6 is 11.8 Å². The van der Waals surface area contributed by atoms with Crippen molar-refractivity contribution in [1.82, 2.24) is 14.8 Å². The maximum Gasteiger partial charge on any atom is 0.289 e. The summed E-state index contributed by atoms with van der Waals surface area (Å²) in [6.07, 6.45) is 4.52. The number of hydrogen-bond donors (Lipinski definition) is 0. The Labute approximate surface area is 137 Å². The van der Waals surface area contributed by atoms with Crippen molar-refractivity contribution in [2.75, 3.05) is 26.2 Å². The van der Waals surface area contributed by atoms with Crippen LogP contribution in [0.4, 0.5) is 0 Å². The van der Waals surface area contributed by atoms with Gasteiger partial charge in [0, 0.05) is 26.2 Å². The number of aromatic nitrogens is 1. The molecule has 23 heavy (non-hydrogen) atoms. The molecular weight excluding hydrogens is 318 g/mol. The summed E-state index contributed by atoms with van der Waals surface area (Å²) in [4.78, 5) is 32.1. The Balaban J connectivity index is 1.52. The van der Waals surface area contributed by atoms with Gasteiger partial charge >= 0.3 is 0 Å². The predicted molar refractivity (Wildman–Crippen MR) is 83.0 cm³/mol. The van der Waals surface area contributed by atoms with Gasteiger partial charge in [0.2, 0.25) is 5.91 Å². The highest BCUT2D eigenvalue weighted by molar-refractivity contribution is 8.00. The summed E-state index contributed by atoms with van der Waals surface area (Å²) >= 11 is 1.29. The number of furan rings is 1. The molecule has 0 N–H and O–H groups in total. The Morgan fingerprint density at radius 1 is 1.17 bits per heavy atom. The molecule has 0 unspecified atom stereocenters. The minimum atomic E-state index is -0.277. The third-order valence-electron chi connectivity index (χ3n) is 3.65. The van der Waals surface area contributed by atoms with Gasteiger partial charge in [-0.05, 0) is 19.1 Å². The number of thioether (sulfide) groups is 1. The molecule has 3 heterocycles. The fourth-order valence-corrected chi connectivity index (χ4v) is 3.20. The van der Waals surface area contributed by atoms with Crippen molar-refractivity contribution in [2.24, 2.45) is 0 Å². The van der Waals surface area contributed by atoms with E-state index in [0.29, 0.717) is 37.2 Å². The van der Waals surface area contributed by atoms with Crippen LogP contribution in [0.25, 0.3) is 0 Å². The third kappa shape index (κ3) is 3.58. The maximum absolute atomic E-state index is 12.4. The van der Waals surface area contributed by atoms with Gasteiger partial charge in [-0.3, -0.25) is 9.59 Å². The zero-order valence-electron chi connectivity index (χ0n) is 12.7. The highest BCUT2D eigenvalue weighted by Gasteiger charge is 2.29. The number of carbonyl (C=O) groups excluding carboxylic acids is 2. The minimum absolute atomic E-state index is 0.0262. The Morgan fingerprint density at radius 3 is 2.52 bits per heavy atom. The second-order valence-corrected chi connectivity index (χ2v) is 6.44. The lowest BCUT2D eigenvalue weighted by Gasteiger charge is -2.35. The van der Waals surface area contributed by atoms with Gasteiger partial charge < -0.3 is 18.6 Å². The van der Waals surface area contributed by atoms with E-state index in [1.165, 1.54) is 24.3 Å². The minimum Gasteiger partial charge on any atom is -0.459 e. The summed E-state index contributed by atoms with van der Waals surface area (Å²) in [6.45, 7) is 3.87. The second kappa shape index (κ2) is 6.91. The summed E-state index contributed by atoms with van der Waals surface area (Å²) < 4.78 is 10.3. The Bertz CT molecular complexity index is 648. The van der Waals surface area contributed by atoms with Gasteiger partial charge in [-0.2, -0.15) is 0 Å². The molecule has 1 saturated heterocycles. The van der Waals surface area contributed by atoms with Crippen LogP contribution in [0, 0.1) is 0 Å². The zero-order chi connectivity index (χ0) is 16.2. The van der Waals surface area contributed by atoms with Crippen LogP contribution in [0.1, 0.15) is 17.5 Å². The smallest absolute Gasteiger partial charge is 0.289 e. The van der Waals surface area contributed by atoms with Gasteiger partial charge in [-0.25, -0.2) is 4.98 Å². The molecule has 1 atom stereocenters. The Hall–Kier alpha value is -2.22. The summed E-state index contributed by atoms with van der Waals surface area (Å²) in [6, 6.07) is 3.34. The van der Waals surface area contributed by atoms with E-state index in [1.807, 2.05) is 6.92 Å². The van der Waals surface area contributed by atoms with Crippen LogP contribution in [-0.4, -0.2) is 58.0 Å². The van der Waals surface area contributed by atoms with Gasteiger partial charge in [0.15, 0.2) is 5.76 Å². The first-order chi connectivity index (χ1) is 11.1. The van der Waals surface area contributed by atoms with Crippen LogP contribution in [0.5, 0.6) is 0 Å². The second-order valence-electron chi connectivity index (χ2n) is 5.15. The average Bonchev–Trinajstić information content (AvgIpc) is 3.27. The average molecular weight is 335 g/mol. The molecule has 0 aliphatic carbocycles. The monoisotopic (exact) mass is 335 g/mol. The summed E-state index contributed by atoms with van der Waals surface area (Å²) in [5, 5.41) is 0.207. The molecule has 0 bridgehead atoms. The number of piperazine rings is 1. The van der Waals surface area contributed by atoms with Crippen molar-refractivity contribution < 1.29 is 18.4 Å². The molecule has 8 heteroatoms. The van der Waals surface area contributed by atoms with E-state index >= 15 is 0 Å². The zero-order valence-corrected chi connectivity index (χ0v) is 13.5. The van der Waals surface area contributed by atoms with E-state index in [0.717, 1.165) is 0 Å². The molecule has 1 aliphatic rings. The quantitative estimate of drug-likeness (QED) is 0.792. The van der Waals surface area contributed by atoms with Crippen LogP contribution in [0.15, 0.2) is 44.9 Å². The molecule has 0 spiro atoms. The number of hydrogen-bond acceptors (Lipinski definition) is 6. The van der Waals surface area contributed by atoms with Gasteiger partial charge in [-0.1, -0.05) is 11.8 Å². The molecular formula is C15H17N3O4S. The maximum atomic E-state index is 12.4. The highest BCUT2D eigenvalue weighted by atomic mass is 32.2. The lowest BCUT2D eigenvalue weighted by molar-refractivity contribution is -0.131. The lowest BCUT2D eigenvalue weighted by atomic mass is 10.2. The lowest BCUT2D eigenvalue weighted by Crippen LogP contribution is -2.52. The normalized spacial score (nSPS) is 16.4. The predicted octanol–water partition coefficient (Wildman–Crippen LogP) is 1.73. The summed E-state index contributed by atoms with van der Waals surface area (Å²) in [5.41, 5.74) is 0. The Morgan fingerprint density at radius 2 is 1.91 bits per heavy atom. The molecule has 2 aromatic heterocycles. The van der Waals surface area contributed by atoms with E-state index in [4.69, 9.17) is 8.83 Å². The van der Waals surface area contributed by atoms with Crippen LogP contribution < -0.4 is 0 Å². The molecule has 1 aliphatic heterocycles. The number of oxazole rings is 1. The van der Waals surface area contributed by atoms with Crippen LogP contribution in [-0.2, 0) is 4.79 Å². The number of nitrogens with zero attached hydrogens (tertiary/aromatic N) is 3. The molecule has 2 aromatic rings. The molecule has 1 fully saturated rings. The van der Waals surface area contributed by atoms with Crippen molar-refractivity contribution in [2.45, 2.75) is 17.4 Å². The van der Waals surface area contributed by atoms with E-state index in [1.54, 1.807) is 28.1 Å². The van der Waals surface area contributed by atoms with Crippen molar-refractivity contribution in [1.29, 1.82) is 0 Å². The van der Waals surface area contributed by atoms with Crippen molar-refractivity contribution in [3.63, 3.8) is 0 Å². The number of rotatable bonds is 4. The molecule has 2 amide bonds. The number of amides is 2. The molecule has 0 radical (unpaired) electrons. The van der Waals surface area contributed by atoms with Gasteiger partial charge in [0.1, 0.15) is 6.26 Å². The van der Waals surface area contributed by atoms with E-state index in [9.17, 15) is 9.59 Å². The molecule has 0 aromatic carbocycles. The standard InChI is InChI=1S/C15H17N3O4S/c1-11(23-15-16-4-10-22-15)13(19)17-5-7-18(8-6-17)14(20)12-3-2-9-21-12/h2-4,9-11H,5-8H2,1H3/t11-/m0/s1. The summed E-state index contributed by atoms with van der Waals surface area (Å²) in [5.74, 6) is 0.222. The van der Waals surface area contributed by atoms with E-state index in [-0.39, 0.29) is 17.1 Å². The third-order valence-corrected chi connectivity index (χ3v) is 4.60. The van der Waals surface area contributed by atoms with Crippen LogP contribution in [0.3, 0.4) is 0 Å². The van der Waals surface area contributed by atoms with Crippen molar-refractivity contribution in [3.8, 4) is 0 Å². The van der Waals surface area contributed by atoms with Gasteiger partial charge in [-0.15, -0.1) is 0 Å². The first-order valence-electron chi connectivity index (χ1n) is 7.33. The topological polar surface area (TPSA) is 79.8 Å². The molecule has 122 valence electrons. The van der Waals surface area contributed by atoms with E-state index < -0.39 is 0 Å². The first-order valence-corrected chi connectivity index (χ1v) is 8.21. The van der Waals surface area contributed by atoms with Crippen LogP contribution in [0.2, 0.25) is 0 Å². The number of carbonyl (C=O) groups is 2. The Kier molecular flexibility index (Phi) is 4.71. The largest absolute Gasteiger partial charge is 0.459 e. The molecule has 3 rings (SSSR count). The highest BCUT2D eigenvalue weighted by Crippen LogP contribution is 2.23. The van der Waals surface area contributed by atoms with E-state index in [2.05, 4.69) is 4.98 Å². The molecule has 0 saturated carbocycles. The fourth-order valence-electron chi connectivity index (χ4n) is 2.41.